The van der Waals surface area contributed by atoms with Crippen molar-refractivity contribution in [1.29, 1.82) is 0 Å². The summed E-state index contributed by atoms with van der Waals surface area (Å²) in [5.74, 6) is 0. The molecule has 3 atom stereocenters. The van der Waals surface area contributed by atoms with E-state index in [-0.39, 0.29) is 0 Å². The Kier molecular flexibility index (Phi) is 3.39. The fourth-order valence-electron chi connectivity index (χ4n) is 3.45. The SMILES string of the molecule is CC1CCCC(C)N1CC1Cc2nc[nH]c2CN1. The summed E-state index contributed by atoms with van der Waals surface area (Å²) in [5.41, 5.74) is 2.53. The van der Waals surface area contributed by atoms with Crippen LogP contribution in [0.5, 0.6) is 0 Å². The average Bonchev–Trinajstić information content (AvgIpc) is 2.81. The van der Waals surface area contributed by atoms with Crippen LogP contribution >= 0.6 is 0 Å². The van der Waals surface area contributed by atoms with Crippen LogP contribution in [0.3, 0.4) is 0 Å². The highest BCUT2D eigenvalue weighted by atomic mass is 15.2. The summed E-state index contributed by atoms with van der Waals surface area (Å²) in [6.45, 7) is 6.85. The van der Waals surface area contributed by atoms with Gasteiger partial charge in [0.05, 0.1) is 17.7 Å². The number of aromatic nitrogens is 2. The topological polar surface area (TPSA) is 44.0 Å². The molecule has 0 amide bonds. The molecule has 2 aliphatic rings. The Balaban J connectivity index is 1.63. The second kappa shape index (κ2) is 5.02. The number of aromatic amines is 1. The zero-order valence-corrected chi connectivity index (χ0v) is 11.4. The van der Waals surface area contributed by atoms with Gasteiger partial charge in [-0.05, 0) is 26.7 Å². The van der Waals surface area contributed by atoms with E-state index in [1.54, 1.807) is 0 Å². The lowest BCUT2D eigenvalue weighted by atomic mass is 9.95. The van der Waals surface area contributed by atoms with Crippen LogP contribution in [0.25, 0.3) is 0 Å². The van der Waals surface area contributed by atoms with Crippen molar-refractivity contribution in [3.05, 3.63) is 17.7 Å². The van der Waals surface area contributed by atoms with Gasteiger partial charge in [-0.1, -0.05) is 6.42 Å². The molecule has 3 heterocycles. The van der Waals surface area contributed by atoms with Crippen LogP contribution < -0.4 is 5.32 Å². The number of nitrogens with zero attached hydrogens (tertiary/aromatic N) is 2. The van der Waals surface area contributed by atoms with E-state index in [9.17, 15) is 0 Å². The molecule has 4 heteroatoms. The van der Waals surface area contributed by atoms with Gasteiger partial charge in [-0.25, -0.2) is 4.98 Å². The van der Waals surface area contributed by atoms with Gasteiger partial charge >= 0.3 is 0 Å². The maximum atomic E-state index is 4.42. The van der Waals surface area contributed by atoms with Crippen molar-refractivity contribution in [1.82, 2.24) is 20.2 Å². The van der Waals surface area contributed by atoms with Crippen LogP contribution in [0, 0.1) is 0 Å². The largest absolute Gasteiger partial charge is 0.347 e. The van der Waals surface area contributed by atoms with Crippen molar-refractivity contribution >= 4 is 0 Å². The smallest absolute Gasteiger partial charge is 0.0925 e. The van der Waals surface area contributed by atoms with E-state index in [0.29, 0.717) is 6.04 Å². The van der Waals surface area contributed by atoms with Crippen LogP contribution in [-0.2, 0) is 13.0 Å². The van der Waals surface area contributed by atoms with Gasteiger partial charge < -0.3 is 10.3 Å². The Morgan fingerprint density at radius 2 is 2.11 bits per heavy atom. The van der Waals surface area contributed by atoms with Crippen LogP contribution in [0.2, 0.25) is 0 Å². The molecule has 0 aliphatic carbocycles. The molecule has 0 saturated carbocycles. The Morgan fingerprint density at radius 3 is 2.89 bits per heavy atom. The predicted octanol–water partition coefficient (Wildman–Crippen LogP) is 1.69. The molecule has 0 bridgehead atoms. The molecule has 2 N–H and O–H groups in total. The van der Waals surface area contributed by atoms with E-state index in [1.165, 1.54) is 30.7 Å². The molecule has 3 unspecified atom stereocenters. The van der Waals surface area contributed by atoms with E-state index in [2.05, 4.69) is 34.0 Å². The van der Waals surface area contributed by atoms with Crippen molar-refractivity contribution in [3.63, 3.8) is 0 Å². The number of fused-ring (bicyclic) bond motifs is 1. The molecule has 100 valence electrons. The molecule has 1 fully saturated rings. The summed E-state index contributed by atoms with van der Waals surface area (Å²) in [4.78, 5) is 10.3. The standard InChI is InChI=1S/C14H24N4/c1-10-4-3-5-11(2)18(10)8-12-6-13-14(7-15-12)17-9-16-13/h9-12,15H,3-8H2,1-2H3,(H,16,17). The Bertz CT molecular complexity index is 390. The normalized spacial score (nSPS) is 33.3. The van der Waals surface area contributed by atoms with Gasteiger partial charge in [0.2, 0.25) is 0 Å². The second-order valence-corrected chi connectivity index (χ2v) is 5.94. The fraction of sp³-hybridized carbons (Fsp3) is 0.786. The van der Waals surface area contributed by atoms with Crippen molar-refractivity contribution in [2.24, 2.45) is 0 Å². The number of likely N-dealkylation sites (tertiary alicyclic amines) is 1. The minimum Gasteiger partial charge on any atom is -0.347 e. The van der Waals surface area contributed by atoms with Crippen molar-refractivity contribution in [2.45, 2.75) is 64.2 Å². The van der Waals surface area contributed by atoms with Crippen LogP contribution in [0.1, 0.15) is 44.5 Å². The molecule has 4 nitrogen and oxygen atoms in total. The molecule has 1 saturated heterocycles. The van der Waals surface area contributed by atoms with E-state index >= 15 is 0 Å². The van der Waals surface area contributed by atoms with Crippen LogP contribution in [0.4, 0.5) is 0 Å². The van der Waals surface area contributed by atoms with Gasteiger partial charge in [0.1, 0.15) is 0 Å². The van der Waals surface area contributed by atoms with Gasteiger partial charge in [0.25, 0.3) is 0 Å². The molecule has 3 rings (SSSR count). The highest BCUT2D eigenvalue weighted by molar-refractivity contribution is 5.16. The van der Waals surface area contributed by atoms with Crippen LogP contribution in [0.15, 0.2) is 6.33 Å². The third-order valence-corrected chi connectivity index (χ3v) is 4.62. The first-order valence-corrected chi connectivity index (χ1v) is 7.24. The third-order valence-electron chi connectivity index (χ3n) is 4.62. The lowest BCUT2D eigenvalue weighted by Gasteiger charge is -2.41. The minimum absolute atomic E-state index is 0.559. The van der Waals surface area contributed by atoms with Gasteiger partial charge in [-0.3, -0.25) is 4.90 Å². The summed E-state index contributed by atoms with van der Waals surface area (Å²) < 4.78 is 0. The molecule has 1 aromatic rings. The Morgan fingerprint density at radius 1 is 1.33 bits per heavy atom. The van der Waals surface area contributed by atoms with Gasteiger partial charge in [-0.15, -0.1) is 0 Å². The zero-order chi connectivity index (χ0) is 12.5. The lowest BCUT2D eigenvalue weighted by Crippen LogP contribution is -2.52. The number of hydrogen-bond acceptors (Lipinski definition) is 3. The van der Waals surface area contributed by atoms with Crippen molar-refractivity contribution < 1.29 is 0 Å². The highest BCUT2D eigenvalue weighted by Crippen LogP contribution is 2.23. The highest BCUT2D eigenvalue weighted by Gasteiger charge is 2.29. The monoisotopic (exact) mass is 248 g/mol. The minimum atomic E-state index is 0.559. The van der Waals surface area contributed by atoms with E-state index < -0.39 is 0 Å². The van der Waals surface area contributed by atoms with Crippen molar-refractivity contribution in [3.8, 4) is 0 Å². The van der Waals surface area contributed by atoms with Crippen molar-refractivity contribution in [2.75, 3.05) is 6.54 Å². The number of hydrogen-bond donors (Lipinski definition) is 2. The molecular formula is C14H24N4. The number of imidazole rings is 1. The summed E-state index contributed by atoms with van der Waals surface area (Å²) in [7, 11) is 0. The van der Waals surface area contributed by atoms with Gasteiger partial charge in [0.15, 0.2) is 0 Å². The Hall–Kier alpha value is -0.870. The summed E-state index contributed by atoms with van der Waals surface area (Å²) in [6.07, 6.45) is 6.98. The number of nitrogens with one attached hydrogen (secondary N) is 2. The molecular weight excluding hydrogens is 224 g/mol. The van der Waals surface area contributed by atoms with Gasteiger partial charge in [-0.2, -0.15) is 0 Å². The first-order valence-electron chi connectivity index (χ1n) is 7.24. The fourth-order valence-corrected chi connectivity index (χ4v) is 3.45. The van der Waals surface area contributed by atoms with E-state index in [1.807, 2.05) is 6.33 Å². The first kappa shape index (κ1) is 12.2. The number of rotatable bonds is 2. The number of piperidine rings is 1. The summed E-state index contributed by atoms with van der Waals surface area (Å²) in [6, 6.07) is 2.02. The Labute approximate surface area is 109 Å². The maximum Gasteiger partial charge on any atom is 0.0925 e. The average molecular weight is 248 g/mol. The molecule has 0 aromatic carbocycles. The molecule has 18 heavy (non-hydrogen) atoms. The maximum absolute atomic E-state index is 4.42. The molecule has 0 radical (unpaired) electrons. The quantitative estimate of drug-likeness (QED) is 0.837. The third kappa shape index (κ3) is 2.31. The predicted molar refractivity (Wildman–Crippen MR) is 72.4 cm³/mol. The lowest BCUT2D eigenvalue weighted by molar-refractivity contribution is 0.0892. The van der Waals surface area contributed by atoms with Crippen LogP contribution in [-0.4, -0.2) is 39.5 Å². The summed E-state index contributed by atoms with van der Waals surface area (Å²) >= 11 is 0. The molecule has 1 aromatic heterocycles. The zero-order valence-electron chi connectivity index (χ0n) is 11.4. The van der Waals surface area contributed by atoms with Gasteiger partial charge in [0, 0.05) is 37.6 Å². The first-order chi connectivity index (χ1) is 8.74. The van der Waals surface area contributed by atoms with E-state index in [4.69, 9.17) is 0 Å². The number of H-pyrrole nitrogens is 1. The molecule has 0 spiro atoms. The molecule has 2 aliphatic heterocycles. The van der Waals surface area contributed by atoms with E-state index in [0.717, 1.165) is 31.6 Å². The second-order valence-electron chi connectivity index (χ2n) is 5.94. The summed E-state index contributed by atoms with van der Waals surface area (Å²) in [5, 5.41) is 3.64.